The monoisotopic (exact) mass is 397 g/mol. The molecule has 146 valence electrons. The predicted octanol–water partition coefficient (Wildman–Crippen LogP) is 4.76. The molecule has 1 amide bonds. The molecule has 2 heterocycles. The third-order valence-electron chi connectivity index (χ3n) is 4.96. The summed E-state index contributed by atoms with van der Waals surface area (Å²) in [7, 11) is 0. The van der Waals surface area contributed by atoms with Gasteiger partial charge in [0.15, 0.2) is 0 Å². The molecule has 1 aromatic heterocycles. The van der Waals surface area contributed by atoms with Gasteiger partial charge < -0.3 is 10.1 Å². The van der Waals surface area contributed by atoms with Crippen molar-refractivity contribution < 1.29 is 22.7 Å². The number of alkyl halides is 3. The van der Waals surface area contributed by atoms with Crippen LogP contribution in [0.15, 0.2) is 41.8 Å². The number of thiophene rings is 1. The summed E-state index contributed by atoms with van der Waals surface area (Å²) in [5.41, 5.74) is -1.06. The van der Waals surface area contributed by atoms with Gasteiger partial charge in [-0.25, -0.2) is 0 Å². The van der Waals surface area contributed by atoms with Gasteiger partial charge in [-0.3, -0.25) is 4.79 Å². The Bertz CT molecular complexity index is 770. The molecule has 0 saturated carbocycles. The Morgan fingerprint density at radius 2 is 2.04 bits per heavy atom. The van der Waals surface area contributed by atoms with E-state index in [1.54, 1.807) is 6.07 Å². The third kappa shape index (κ3) is 4.71. The Labute approximate surface area is 160 Å². The van der Waals surface area contributed by atoms with Crippen molar-refractivity contribution in [2.24, 2.45) is 0 Å². The van der Waals surface area contributed by atoms with Gasteiger partial charge in [-0.2, -0.15) is 13.2 Å². The standard InChI is InChI=1S/C20H22F3NO2S/c1-19(17-8-4-10-27-17,12-18(25)24-13-16-7-3-9-26-16)14-5-2-6-15(11-14)20(21,22)23/h2,4-6,8,10-11,16H,3,7,9,12-13H2,1H3,(H,24,25)/t16-,19-/m1/s1. The highest BCUT2D eigenvalue weighted by atomic mass is 32.1. The van der Waals surface area contributed by atoms with Gasteiger partial charge >= 0.3 is 6.18 Å². The highest BCUT2D eigenvalue weighted by Crippen LogP contribution is 2.40. The van der Waals surface area contributed by atoms with Crippen LogP contribution in [0.1, 0.15) is 42.2 Å². The zero-order chi connectivity index (χ0) is 19.5. The molecule has 0 radical (unpaired) electrons. The van der Waals surface area contributed by atoms with Crippen LogP contribution < -0.4 is 5.32 Å². The van der Waals surface area contributed by atoms with Gasteiger partial charge in [0.1, 0.15) is 0 Å². The molecule has 1 aliphatic rings. The molecular formula is C20H22F3NO2S. The van der Waals surface area contributed by atoms with E-state index >= 15 is 0 Å². The molecule has 27 heavy (non-hydrogen) atoms. The van der Waals surface area contributed by atoms with E-state index in [1.807, 2.05) is 24.4 Å². The molecule has 0 aliphatic carbocycles. The van der Waals surface area contributed by atoms with Crippen LogP contribution in [0.25, 0.3) is 0 Å². The number of halogens is 3. The van der Waals surface area contributed by atoms with Crippen molar-refractivity contribution in [1.82, 2.24) is 5.32 Å². The van der Waals surface area contributed by atoms with E-state index in [0.29, 0.717) is 18.7 Å². The fourth-order valence-electron chi connectivity index (χ4n) is 3.38. The fourth-order valence-corrected chi connectivity index (χ4v) is 4.29. The van der Waals surface area contributed by atoms with Crippen LogP contribution in [-0.2, 0) is 21.1 Å². The normalized spacial score (nSPS) is 19.6. The summed E-state index contributed by atoms with van der Waals surface area (Å²) < 4.78 is 45.0. The molecule has 0 unspecified atom stereocenters. The van der Waals surface area contributed by atoms with E-state index in [1.165, 1.54) is 17.4 Å². The number of benzene rings is 1. The average molecular weight is 397 g/mol. The lowest BCUT2D eigenvalue weighted by atomic mass is 9.77. The van der Waals surface area contributed by atoms with E-state index in [4.69, 9.17) is 4.74 Å². The predicted molar refractivity (Wildman–Crippen MR) is 98.8 cm³/mol. The molecule has 3 nitrogen and oxygen atoms in total. The first-order chi connectivity index (χ1) is 12.8. The number of ether oxygens (including phenoxy) is 1. The lowest BCUT2D eigenvalue weighted by molar-refractivity contribution is -0.137. The number of hydrogen-bond donors (Lipinski definition) is 1. The Hall–Kier alpha value is -1.86. The molecule has 1 N–H and O–H groups in total. The second kappa shape index (κ2) is 8.02. The maximum absolute atomic E-state index is 13.2. The number of carbonyl (C=O) groups is 1. The number of nitrogens with one attached hydrogen (secondary N) is 1. The Morgan fingerprint density at radius 1 is 1.26 bits per heavy atom. The van der Waals surface area contributed by atoms with Crippen LogP contribution in [0.4, 0.5) is 13.2 Å². The van der Waals surface area contributed by atoms with Crippen LogP contribution >= 0.6 is 11.3 Å². The average Bonchev–Trinajstić information content (AvgIpc) is 3.33. The van der Waals surface area contributed by atoms with Gasteiger partial charge in [-0.15, -0.1) is 11.3 Å². The first-order valence-electron chi connectivity index (χ1n) is 8.89. The Morgan fingerprint density at radius 3 is 2.67 bits per heavy atom. The fraction of sp³-hybridized carbons (Fsp3) is 0.450. The first kappa shape index (κ1) is 19.9. The minimum Gasteiger partial charge on any atom is -0.376 e. The van der Waals surface area contributed by atoms with E-state index < -0.39 is 17.2 Å². The molecule has 1 aromatic carbocycles. The Kier molecular flexibility index (Phi) is 5.91. The number of rotatable bonds is 6. The summed E-state index contributed by atoms with van der Waals surface area (Å²) in [4.78, 5) is 13.4. The zero-order valence-electron chi connectivity index (χ0n) is 15.0. The van der Waals surface area contributed by atoms with Gasteiger partial charge in [-0.05, 0) is 35.9 Å². The van der Waals surface area contributed by atoms with Crippen LogP contribution in [0.3, 0.4) is 0 Å². The third-order valence-corrected chi connectivity index (χ3v) is 6.09. The summed E-state index contributed by atoms with van der Waals surface area (Å²) in [6.45, 7) is 2.96. The van der Waals surface area contributed by atoms with Crippen molar-refractivity contribution in [3.8, 4) is 0 Å². The number of amides is 1. The molecule has 3 rings (SSSR count). The minimum atomic E-state index is -4.42. The van der Waals surface area contributed by atoms with Crippen LogP contribution in [0, 0.1) is 0 Å². The van der Waals surface area contributed by atoms with Crippen molar-refractivity contribution in [2.75, 3.05) is 13.2 Å². The molecular weight excluding hydrogens is 375 g/mol. The second-order valence-corrected chi connectivity index (χ2v) is 7.95. The molecule has 2 aromatic rings. The van der Waals surface area contributed by atoms with Gasteiger partial charge in [0.25, 0.3) is 0 Å². The largest absolute Gasteiger partial charge is 0.416 e. The summed E-state index contributed by atoms with van der Waals surface area (Å²) in [5, 5.41) is 4.74. The van der Waals surface area contributed by atoms with E-state index in [-0.39, 0.29) is 18.4 Å². The van der Waals surface area contributed by atoms with Crippen LogP contribution in [-0.4, -0.2) is 25.2 Å². The maximum Gasteiger partial charge on any atom is 0.416 e. The number of hydrogen-bond acceptors (Lipinski definition) is 3. The quantitative estimate of drug-likeness (QED) is 0.763. The molecule has 1 fully saturated rings. The topological polar surface area (TPSA) is 38.3 Å². The van der Waals surface area contributed by atoms with Crippen molar-refractivity contribution >= 4 is 17.2 Å². The molecule has 0 spiro atoms. The molecule has 2 atom stereocenters. The highest BCUT2D eigenvalue weighted by Gasteiger charge is 2.36. The summed E-state index contributed by atoms with van der Waals surface area (Å²) in [6.07, 6.45) is -2.43. The molecule has 7 heteroatoms. The highest BCUT2D eigenvalue weighted by molar-refractivity contribution is 7.10. The van der Waals surface area contributed by atoms with Gasteiger partial charge in [0.05, 0.1) is 11.7 Å². The van der Waals surface area contributed by atoms with Gasteiger partial charge in [0, 0.05) is 29.9 Å². The molecule has 1 aliphatic heterocycles. The second-order valence-electron chi connectivity index (χ2n) is 7.00. The summed E-state index contributed by atoms with van der Waals surface area (Å²) >= 11 is 1.44. The smallest absolute Gasteiger partial charge is 0.376 e. The van der Waals surface area contributed by atoms with Crippen molar-refractivity contribution in [3.63, 3.8) is 0 Å². The zero-order valence-corrected chi connectivity index (χ0v) is 15.8. The van der Waals surface area contributed by atoms with Crippen molar-refractivity contribution in [3.05, 3.63) is 57.8 Å². The SMILES string of the molecule is C[C@@](CC(=O)NC[C@H]1CCCO1)(c1cccc(C(F)(F)F)c1)c1cccs1. The van der Waals surface area contributed by atoms with Gasteiger partial charge in [0.2, 0.25) is 5.91 Å². The lowest BCUT2D eigenvalue weighted by Crippen LogP contribution is -2.37. The lowest BCUT2D eigenvalue weighted by Gasteiger charge is -2.29. The van der Waals surface area contributed by atoms with Crippen molar-refractivity contribution in [1.29, 1.82) is 0 Å². The van der Waals surface area contributed by atoms with Crippen LogP contribution in [0.2, 0.25) is 0 Å². The first-order valence-corrected chi connectivity index (χ1v) is 9.77. The van der Waals surface area contributed by atoms with Crippen molar-refractivity contribution in [2.45, 2.75) is 43.9 Å². The molecule has 1 saturated heterocycles. The minimum absolute atomic E-state index is 0.0236. The Balaban J connectivity index is 1.83. The number of carbonyl (C=O) groups excluding carboxylic acids is 1. The maximum atomic E-state index is 13.2. The van der Waals surface area contributed by atoms with Gasteiger partial charge in [-0.1, -0.05) is 31.2 Å². The van der Waals surface area contributed by atoms with E-state index in [0.717, 1.165) is 29.9 Å². The summed E-state index contributed by atoms with van der Waals surface area (Å²) in [5.74, 6) is -0.196. The van der Waals surface area contributed by atoms with E-state index in [9.17, 15) is 18.0 Å². The van der Waals surface area contributed by atoms with Crippen LogP contribution in [0.5, 0.6) is 0 Å². The van der Waals surface area contributed by atoms with E-state index in [2.05, 4.69) is 5.32 Å². The summed E-state index contributed by atoms with van der Waals surface area (Å²) in [6, 6.07) is 8.95. The molecule has 0 bridgehead atoms.